The van der Waals surface area contributed by atoms with E-state index < -0.39 is 23.5 Å². The van der Waals surface area contributed by atoms with Gasteiger partial charge in [-0.2, -0.15) is 13.2 Å². The predicted octanol–water partition coefficient (Wildman–Crippen LogP) is 4.13. The van der Waals surface area contributed by atoms with Crippen LogP contribution in [0.5, 0.6) is 0 Å². The Hall–Kier alpha value is -2.57. The van der Waals surface area contributed by atoms with Crippen LogP contribution >= 0.6 is 0 Å². The molecule has 0 saturated carbocycles. The molecule has 138 valence electrons. The summed E-state index contributed by atoms with van der Waals surface area (Å²) in [6.07, 6.45) is -3.01. The number of nitrogen functional groups attached to an aromatic ring is 1. The zero-order valence-corrected chi connectivity index (χ0v) is 14.5. The van der Waals surface area contributed by atoms with Crippen molar-refractivity contribution in [2.24, 2.45) is 5.92 Å². The van der Waals surface area contributed by atoms with E-state index >= 15 is 0 Å². The number of aromatic nitrogens is 1. The maximum Gasteiger partial charge on any atom is 0.394 e. The molecule has 0 spiro atoms. The summed E-state index contributed by atoms with van der Waals surface area (Å²) in [6, 6.07) is 10.6. The average molecular weight is 363 g/mol. The molecule has 1 aromatic carbocycles. The van der Waals surface area contributed by atoms with Crippen molar-refractivity contribution >= 4 is 11.6 Å². The first-order valence-corrected chi connectivity index (χ1v) is 8.32. The highest BCUT2D eigenvalue weighted by molar-refractivity contribution is 6.02. The van der Waals surface area contributed by atoms with E-state index in [1.54, 1.807) is 0 Å². The van der Waals surface area contributed by atoms with E-state index in [0.29, 0.717) is 5.69 Å². The van der Waals surface area contributed by atoms with E-state index in [0.717, 1.165) is 5.56 Å². The third-order valence-corrected chi connectivity index (χ3v) is 5.10. The highest BCUT2D eigenvalue weighted by atomic mass is 19.4. The molecule has 0 bridgehead atoms. The number of halogens is 3. The van der Waals surface area contributed by atoms with Gasteiger partial charge in [0.25, 0.3) is 5.91 Å². The van der Waals surface area contributed by atoms with Gasteiger partial charge in [0.15, 0.2) is 0 Å². The minimum atomic E-state index is -4.35. The van der Waals surface area contributed by atoms with Crippen molar-refractivity contribution in [2.75, 3.05) is 12.3 Å². The average Bonchev–Trinajstić information content (AvgIpc) is 2.90. The third kappa shape index (κ3) is 3.02. The fourth-order valence-electron chi connectivity index (χ4n) is 3.65. The Morgan fingerprint density at radius 3 is 2.46 bits per heavy atom. The first kappa shape index (κ1) is 18.2. The number of nitrogens with two attached hydrogens (primary N) is 1. The quantitative estimate of drug-likeness (QED) is 0.873. The Bertz CT molecular complexity index is 819. The number of nitrogens with zero attached hydrogens (tertiary/aromatic N) is 2. The van der Waals surface area contributed by atoms with E-state index in [-0.39, 0.29) is 24.2 Å². The van der Waals surface area contributed by atoms with Gasteiger partial charge in [0.1, 0.15) is 0 Å². The molecule has 1 fully saturated rings. The lowest BCUT2D eigenvalue weighted by Crippen LogP contribution is -2.49. The van der Waals surface area contributed by atoms with Crippen molar-refractivity contribution in [3.05, 3.63) is 48.2 Å². The number of pyridine rings is 1. The second-order valence-corrected chi connectivity index (χ2v) is 6.98. The highest BCUT2D eigenvalue weighted by Gasteiger charge is 2.56. The van der Waals surface area contributed by atoms with Crippen LogP contribution in [0, 0.1) is 5.92 Å². The third-order valence-electron chi connectivity index (χ3n) is 5.10. The van der Waals surface area contributed by atoms with E-state index in [1.165, 1.54) is 31.0 Å². The molecular weight excluding hydrogens is 343 g/mol. The molecule has 7 heteroatoms. The van der Waals surface area contributed by atoms with Crippen LogP contribution in [-0.4, -0.2) is 34.1 Å². The Kier molecular flexibility index (Phi) is 4.42. The summed E-state index contributed by atoms with van der Waals surface area (Å²) in [5.74, 6) is -2.06. The van der Waals surface area contributed by atoms with E-state index in [9.17, 15) is 18.0 Å². The monoisotopic (exact) mass is 363 g/mol. The molecule has 1 aliphatic heterocycles. The first-order valence-electron chi connectivity index (χ1n) is 8.32. The van der Waals surface area contributed by atoms with Crippen LogP contribution < -0.4 is 5.73 Å². The summed E-state index contributed by atoms with van der Waals surface area (Å²) >= 11 is 0. The van der Waals surface area contributed by atoms with E-state index in [4.69, 9.17) is 5.73 Å². The lowest BCUT2D eigenvalue weighted by atomic mass is 9.87. The Labute approximate surface area is 149 Å². The molecule has 1 aromatic heterocycles. The summed E-state index contributed by atoms with van der Waals surface area (Å²) < 4.78 is 39.9. The van der Waals surface area contributed by atoms with E-state index in [2.05, 4.69) is 4.98 Å². The van der Waals surface area contributed by atoms with Crippen LogP contribution in [0.15, 0.2) is 42.6 Å². The lowest BCUT2D eigenvalue weighted by Gasteiger charge is -2.37. The Balaban J connectivity index is 1.97. The summed E-state index contributed by atoms with van der Waals surface area (Å²) in [7, 11) is 0. The molecule has 2 N–H and O–H groups in total. The van der Waals surface area contributed by atoms with E-state index in [1.807, 2.05) is 30.3 Å². The number of likely N-dealkylation sites (tertiary alicyclic amines) is 1. The molecule has 1 aliphatic rings. The topological polar surface area (TPSA) is 59.2 Å². The number of hydrogen-bond donors (Lipinski definition) is 1. The molecule has 1 amide bonds. The van der Waals surface area contributed by atoms with Gasteiger partial charge in [-0.3, -0.25) is 9.78 Å². The van der Waals surface area contributed by atoms with Gasteiger partial charge in [-0.25, -0.2) is 0 Å². The number of benzene rings is 1. The van der Waals surface area contributed by atoms with Crippen LogP contribution in [-0.2, 0) is 0 Å². The molecule has 2 aromatic rings. The van der Waals surface area contributed by atoms with Gasteiger partial charge >= 0.3 is 6.18 Å². The molecular formula is C19H20F3N3O. The summed E-state index contributed by atoms with van der Waals surface area (Å²) in [6.45, 7) is 2.94. The Morgan fingerprint density at radius 2 is 1.88 bits per heavy atom. The Morgan fingerprint density at radius 1 is 1.23 bits per heavy atom. The van der Waals surface area contributed by atoms with Crippen molar-refractivity contribution in [1.82, 2.24) is 9.88 Å². The highest BCUT2D eigenvalue weighted by Crippen LogP contribution is 2.45. The van der Waals surface area contributed by atoms with Crippen LogP contribution in [0.25, 0.3) is 11.3 Å². The largest absolute Gasteiger partial charge is 0.396 e. The molecule has 3 rings (SSSR count). The predicted molar refractivity (Wildman–Crippen MR) is 93.4 cm³/mol. The standard InChI is InChI=1S/C19H20F3N3O/c1-18(2)14(19(20,21)22)9-11-25(18)17(26)13-8-10-24-16(15(13)23)12-6-4-3-5-7-12/h3-8,10,14H,9,11,23H2,1-2H3. The normalized spacial score (nSPS) is 19.6. The van der Waals surface area contributed by atoms with Gasteiger partial charge < -0.3 is 10.6 Å². The van der Waals surface area contributed by atoms with Gasteiger partial charge in [-0.15, -0.1) is 0 Å². The second-order valence-electron chi connectivity index (χ2n) is 6.98. The number of amides is 1. The molecule has 1 saturated heterocycles. The fourth-order valence-corrected chi connectivity index (χ4v) is 3.65. The van der Waals surface area contributed by atoms with Gasteiger partial charge in [0, 0.05) is 23.8 Å². The number of carbonyl (C=O) groups excluding carboxylic acids is 1. The van der Waals surface area contributed by atoms with Gasteiger partial charge in [0.05, 0.1) is 22.9 Å². The minimum Gasteiger partial charge on any atom is -0.396 e. The van der Waals surface area contributed by atoms with Gasteiger partial charge in [-0.05, 0) is 26.3 Å². The number of carbonyl (C=O) groups is 1. The molecule has 26 heavy (non-hydrogen) atoms. The second kappa shape index (κ2) is 6.30. The van der Waals surface area contributed by atoms with Crippen molar-refractivity contribution < 1.29 is 18.0 Å². The van der Waals surface area contributed by atoms with Gasteiger partial charge in [-0.1, -0.05) is 30.3 Å². The van der Waals surface area contributed by atoms with Crippen molar-refractivity contribution in [2.45, 2.75) is 32.0 Å². The lowest BCUT2D eigenvalue weighted by molar-refractivity contribution is -0.189. The number of alkyl halides is 3. The van der Waals surface area contributed by atoms with Crippen LogP contribution in [0.1, 0.15) is 30.6 Å². The molecule has 4 nitrogen and oxygen atoms in total. The van der Waals surface area contributed by atoms with Crippen LogP contribution in [0.4, 0.5) is 18.9 Å². The van der Waals surface area contributed by atoms with Crippen LogP contribution in [0.3, 0.4) is 0 Å². The number of anilines is 1. The first-order chi connectivity index (χ1) is 12.1. The van der Waals surface area contributed by atoms with Crippen LogP contribution in [0.2, 0.25) is 0 Å². The number of hydrogen-bond acceptors (Lipinski definition) is 3. The maximum absolute atomic E-state index is 13.3. The summed E-state index contributed by atoms with van der Waals surface area (Å²) in [5.41, 5.74) is 6.37. The zero-order valence-electron chi connectivity index (χ0n) is 14.5. The molecule has 0 radical (unpaired) electrons. The zero-order chi connectivity index (χ0) is 19.1. The SMILES string of the molecule is CC1(C)C(C(F)(F)F)CCN1C(=O)c1ccnc(-c2ccccc2)c1N. The van der Waals surface area contributed by atoms with Gasteiger partial charge in [0.2, 0.25) is 0 Å². The fraction of sp³-hybridized carbons (Fsp3) is 0.368. The molecule has 1 atom stereocenters. The number of rotatable bonds is 2. The molecule has 1 unspecified atom stereocenters. The molecule has 0 aliphatic carbocycles. The maximum atomic E-state index is 13.3. The summed E-state index contributed by atoms with van der Waals surface area (Å²) in [5, 5.41) is 0. The van der Waals surface area contributed by atoms with Crippen molar-refractivity contribution in [3.8, 4) is 11.3 Å². The smallest absolute Gasteiger partial charge is 0.394 e. The van der Waals surface area contributed by atoms with Crippen molar-refractivity contribution in [1.29, 1.82) is 0 Å². The van der Waals surface area contributed by atoms with Crippen molar-refractivity contribution in [3.63, 3.8) is 0 Å². The minimum absolute atomic E-state index is 0.0401. The summed E-state index contributed by atoms with van der Waals surface area (Å²) in [4.78, 5) is 18.5. The molecule has 2 heterocycles.